The number of aliphatic hydroxyl groups is 1. The molecule has 30 heavy (non-hydrogen) atoms. The summed E-state index contributed by atoms with van der Waals surface area (Å²) in [5, 5.41) is 10.6. The van der Waals surface area contributed by atoms with Gasteiger partial charge in [0.05, 0.1) is 18.8 Å². The molecule has 1 heterocycles. The zero-order valence-electron chi connectivity index (χ0n) is 17.7. The highest BCUT2D eigenvalue weighted by Crippen LogP contribution is 2.30. The van der Waals surface area contributed by atoms with Gasteiger partial charge in [0, 0.05) is 38.3 Å². The number of benzene rings is 2. The van der Waals surface area contributed by atoms with Crippen LogP contribution in [0.2, 0.25) is 0 Å². The van der Waals surface area contributed by atoms with Crippen molar-refractivity contribution in [3.63, 3.8) is 0 Å². The quantitative estimate of drug-likeness (QED) is 0.728. The molecule has 0 bridgehead atoms. The van der Waals surface area contributed by atoms with Crippen molar-refractivity contribution < 1.29 is 14.6 Å². The standard InChI is InChI=1S/C25H32N2O3/c1-19-7-11-22(12-8-19)25(29)27(15-20-9-10-20)17-23-16-26(13-14-30-23)18-24(28)21-5-3-2-4-6-21/h2-8,11-12,20,23-24,28H,9-10,13-18H2,1H3. The molecule has 2 aromatic carbocycles. The highest BCUT2D eigenvalue weighted by Gasteiger charge is 2.31. The van der Waals surface area contributed by atoms with E-state index in [1.165, 1.54) is 12.8 Å². The molecule has 1 saturated carbocycles. The first-order chi connectivity index (χ1) is 14.6. The second-order valence-electron chi connectivity index (χ2n) is 8.70. The maximum absolute atomic E-state index is 13.2. The van der Waals surface area contributed by atoms with Gasteiger partial charge >= 0.3 is 0 Å². The minimum Gasteiger partial charge on any atom is -0.387 e. The van der Waals surface area contributed by atoms with Gasteiger partial charge in [-0.2, -0.15) is 0 Å². The molecule has 2 fully saturated rings. The molecule has 5 nitrogen and oxygen atoms in total. The fourth-order valence-corrected chi connectivity index (χ4v) is 4.06. The summed E-state index contributed by atoms with van der Waals surface area (Å²) in [7, 11) is 0. The predicted molar refractivity (Wildman–Crippen MR) is 117 cm³/mol. The molecule has 1 N–H and O–H groups in total. The van der Waals surface area contributed by atoms with Gasteiger partial charge in [-0.25, -0.2) is 0 Å². The maximum atomic E-state index is 13.2. The van der Waals surface area contributed by atoms with Gasteiger partial charge in [-0.1, -0.05) is 48.0 Å². The maximum Gasteiger partial charge on any atom is 0.253 e. The Bertz CT molecular complexity index is 820. The molecule has 0 aromatic heterocycles. The summed E-state index contributed by atoms with van der Waals surface area (Å²) >= 11 is 0. The lowest BCUT2D eigenvalue weighted by Crippen LogP contribution is -2.50. The molecule has 4 rings (SSSR count). The number of morpholine rings is 1. The van der Waals surface area contributed by atoms with Crippen LogP contribution < -0.4 is 0 Å². The molecule has 1 amide bonds. The second-order valence-corrected chi connectivity index (χ2v) is 8.70. The van der Waals surface area contributed by atoms with Crippen LogP contribution in [0.25, 0.3) is 0 Å². The topological polar surface area (TPSA) is 53.0 Å². The van der Waals surface area contributed by atoms with Gasteiger partial charge in [0.2, 0.25) is 0 Å². The third-order valence-electron chi connectivity index (χ3n) is 6.02. The molecular formula is C25H32N2O3. The van der Waals surface area contributed by atoms with E-state index in [0.717, 1.165) is 36.3 Å². The Morgan fingerprint density at radius 1 is 1.13 bits per heavy atom. The van der Waals surface area contributed by atoms with Crippen LogP contribution in [0.1, 0.15) is 40.4 Å². The molecule has 5 heteroatoms. The summed E-state index contributed by atoms with van der Waals surface area (Å²) in [5.41, 5.74) is 2.84. The van der Waals surface area contributed by atoms with Crippen LogP contribution in [0.5, 0.6) is 0 Å². The van der Waals surface area contributed by atoms with Crippen molar-refractivity contribution >= 4 is 5.91 Å². The summed E-state index contributed by atoms with van der Waals surface area (Å²) in [6.07, 6.45) is 1.87. The van der Waals surface area contributed by atoms with Crippen molar-refractivity contribution in [1.29, 1.82) is 0 Å². The molecule has 2 atom stereocenters. The Balaban J connectivity index is 1.37. The van der Waals surface area contributed by atoms with Crippen molar-refractivity contribution in [2.24, 2.45) is 5.92 Å². The van der Waals surface area contributed by atoms with E-state index in [0.29, 0.717) is 25.6 Å². The molecule has 2 aliphatic rings. The molecule has 1 saturated heterocycles. The van der Waals surface area contributed by atoms with Crippen LogP contribution in [-0.2, 0) is 4.74 Å². The predicted octanol–water partition coefficient (Wildman–Crippen LogP) is 3.28. The minimum absolute atomic E-state index is 0.0325. The molecule has 0 spiro atoms. The third kappa shape index (κ3) is 5.69. The summed E-state index contributed by atoms with van der Waals surface area (Å²) < 4.78 is 6.02. The summed E-state index contributed by atoms with van der Waals surface area (Å²) in [5.74, 6) is 0.714. The van der Waals surface area contributed by atoms with Gasteiger partial charge in [0.15, 0.2) is 0 Å². The molecular weight excluding hydrogens is 376 g/mol. The Morgan fingerprint density at radius 3 is 2.57 bits per heavy atom. The second kappa shape index (κ2) is 9.73. The monoisotopic (exact) mass is 408 g/mol. The number of nitrogens with zero attached hydrogens (tertiary/aromatic N) is 2. The van der Waals surface area contributed by atoms with E-state index in [1.54, 1.807) is 0 Å². The van der Waals surface area contributed by atoms with Crippen LogP contribution in [0.4, 0.5) is 0 Å². The number of rotatable bonds is 8. The molecule has 1 aliphatic heterocycles. The van der Waals surface area contributed by atoms with Crippen LogP contribution in [0.3, 0.4) is 0 Å². The van der Waals surface area contributed by atoms with Gasteiger partial charge in [-0.3, -0.25) is 9.69 Å². The number of hydrogen-bond donors (Lipinski definition) is 1. The number of amides is 1. The van der Waals surface area contributed by atoms with Gasteiger partial charge < -0.3 is 14.7 Å². The number of carbonyl (C=O) groups is 1. The normalized spacial score (nSPS) is 20.7. The Hall–Kier alpha value is -2.21. The van der Waals surface area contributed by atoms with Crippen molar-refractivity contribution in [2.75, 3.05) is 39.3 Å². The molecule has 160 valence electrons. The largest absolute Gasteiger partial charge is 0.387 e. The summed E-state index contributed by atoms with van der Waals surface area (Å²) in [6.45, 7) is 6.17. The van der Waals surface area contributed by atoms with Crippen molar-refractivity contribution in [3.8, 4) is 0 Å². The number of aliphatic hydroxyl groups excluding tert-OH is 1. The van der Waals surface area contributed by atoms with Gasteiger partial charge in [0.1, 0.15) is 0 Å². The number of ether oxygens (including phenoxy) is 1. The zero-order valence-corrected chi connectivity index (χ0v) is 17.7. The van der Waals surface area contributed by atoms with E-state index in [-0.39, 0.29) is 12.0 Å². The van der Waals surface area contributed by atoms with Gasteiger partial charge in [-0.05, 0) is 43.4 Å². The molecule has 1 aliphatic carbocycles. The van der Waals surface area contributed by atoms with Gasteiger partial charge in [-0.15, -0.1) is 0 Å². The van der Waals surface area contributed by atoms with E-state index in [9.17, 15) is 9.90 Å². The molecule has 2 aromatic rings. The van der Waals surface area contributed by atoms with E-state index in [2.05, 4.69) is 4.90 Å². The molecule has 0 radical (unpaired) electrons. The van der Waals surface area contributed by atoms with E-state index in [1.807, 2.05) is 66.4 Å². The first-order valence-corrected chi connectivity index (χ1v) is 11.0. The third-order valence-corrected chi connectivity index (χ3v) is 6.02. The van der Waals surface area contributed by atoms with Crippen molar-refractivity contribution in [1.82, 2.24) is 9.80 Å². The smallest absolute Gasteiger partial charge is 0.253 e. The Kier molecular flexibility index (Phi) is 6.82. The SMILES string of the molecule is Cc1ccc(C(=O)N(CC2CC2)CC2CN(CC(O)c3ccccc3)CCO2)cc1. The molecule has 2 unspecified atom stereocenters. The average Bonchev–Trinajstić information content (AvgIpc) is 3.58. The number of aryl methyl sites for hydroxylation is 1. The number of β-amino-alcohol motifs (C(OH)–C–C–N with tert-alkyl or cyclic N) is 1. The van der Waals surface area contributed by atoms with Crippen LogP contribution in [0.15, 0.2) is 54.6 Å². The zero-order chi connectivity index (χ0) is 20.9. The highest BCUT2D eigenvalue weighted by atomic mass is 16.5. The van der Waals surface area contributed by atoms with Crippen molar-refractivity contribution in [3.05, 3.63) is 71.3 Å². The van der Waals surface area contributed by atoms with Gasteiger partial charge in [0.25, 0.3) is 5.91 Å². The van der Waals surface area contributed by atoms with Crippen LogP contribution in [0, 0.1) is 12.8 Å². The average molecular weight is 409 g/mol. The van der Waals surface area contributed by atoms with E-state index in [4.69, 9.17) is 4.74 Å². The summed E-state index contributed by atoms with van der Waals surface area (Å²) in [6, 6.07) is 17.6. The summed E-state index contributed by atoms with van der Waals surface area (Å²) in [4.78, 5) is 17.4. The fraction of sp³-hybridized carbons (Fsp3) is 0.480. The number of carbonyl (C=O) groups excluding carboxylic acids is 1. The first-order valence-electron chi connectivity index (χ1n) is 11.0. The fourth-order valence-electron chi connectivity index (χ4n) is 4.06. The minimum atomic E-state index is -0.512. The van der Waals surface area contributed by atoms with Crippen LogP contribution in [-0.4, -0.2) is 66.2 Å². The lowest BCUT2D eigenvalue weighted by molar-refractivity contribution is -0.0510. The lowest BCUT2D eigenvalue weighted by atomic mass is 10.1. The van der Waals surface area contributed by atoms with Crippen LogP contribution >= 0.6 is 0 Å². The first kappa shape index (κ1) is 21.0. The lowest BCUT2D eigenvalue weighted by Gasteiger charge is -2.36. The van der Waals surface area contributed by atoms with E-state index >= 15 is 0 Å². The Morgan fingerprint density at radius 2 is 1.87 bits per heavy atom. The number of hydrogen-bond acceptors (Lipinski definition) is 4. The van der Waals surface area contributed by atoms with Crippen molar-refractivity contribution in [2.45, 2.75) is 32.0 Å². The Labute approximate surface area is 179 Å². The highest BCUT2D eigenvalue weighted by molar-refractivity contribution is 5.94. The van der Waals surface area contributed by atoms with E-state index < -0.39 is 6.10 Å².